The number of rotatable bonds is 1. The molecule has 4 nitrogen and oxygen atoms in total. The fraction of sp³-hybridized carbons (Fsp3) is 0.818. The van der Waals surface area contributed by atoms with Gasteiger partial charge in [0.05, 0.1) is 6.04 Å². The van der Waals surface area contributed by atoms with E-state index < -0.39 is 0 Å². The zero-order chi connectivity index (χ0) is 10.8. The maximum absolute atomic E-state index is 11.7. The molecule has 4 heteroatoms. The Bertz CT molecular complexity index is 262. The van der Waals surface area contributed by atoms with Gasteiger partial charge in [-0.05, 0) is 19.3 Å². The van der Waals surface area contributed by atoms with Crippen LogP contribution >= 0.6 is 0 Å². The molecule has 1 saturated carbocycles. The fourth-order valence-corrected chi connectivity index (χ4v) is 2.60. The molecule has 1 heterocycles. The highest BCUT2D eigenvalue weighted by atomic mass is 16.2. The predicted molar refractivity (Wildman–Crippen MR) is 55.9 cm³/mol. The van der Waals surface area contributed by atoms with Crippen LogP contribution in [0.25, 0.3) is 0 Å². The first-order chi connectivity index (χ1) is 7.20. The van der Waals surface area contributed by atoms with Crippen LogP contribution in [-0.2, 0) is 9.59 Å². The van der Waals surface area contributed by atoms with Gasteiger partial charge in [-0.1, -0.05) is 12.8 Å². The third-order valence-electron chi connectivity index (χ3n) is 3.43. The van der Waals surface area contributed by atoms with Crippen molar-refractivity contribution in [2.45, 2.75) is 57.0 Å². The van der Waals surface area contributed by atoms with Gasteiger partial charge in [-0.15, -0.1) is 0 Å². The van der Waals surface area contributed by atoms with Gasteiger partial charge in [-0.3, -0.25) is 14.5 Å². The smallest absolute Gasteiger partial charge is 0.229 e. The molecule has 2 N–H and O–H groups in total. The summed E-state index contributed by atoms with van der Waals surface area (Å²) in [6.07, 6.45) is 5.74. The minimum atomic E-state index is -0.0287. The number of amides is 2. The lowest BCUT2D eigenvalue weighted by Gasteiger charge is -2.38. The van der Waals surface area contributed by atoms with E-state index >= 15 is 0 Å². The van der Waals surface area contributed by atoms with Gasteiger partial charge in [0.15, 0.2) is 0 Å². The van der Waals surface area contributed by atoms with Crippen molar-refractivity contribution >= 4 is 11.8 Å². The molecule has 1 saturated heterocycles. The first kappa shape index (κ1) is 10.6. The lowest BCUT2D eigenvalue weighted by atomic mass is 9.88. The van der Waals surface area contributed by atoms with E-state index in [1.165, 1.54) is 4.90 Å². The summed E-state index contributed by atoms with van der Waals surface area (Å²) in [6, 6.07) is -0.0381. The van der Waals surface area contributed by atoms with Gasteiger partial charge in [-0.2, -0.15) is 0 Å². The molecule has 0 aromatic heterocycles. The maximum atomic E-state index is 11.7. The van der Waals surface area contributed by atoms with Crippen LogP contribution in [0.15, 0.2) is 0 Å². The molecule has 0 unspecified atom stereocenters. The van der Waals surface area contributed by atoms with Gasteiger partial charge in [0.2, 0.25) is 11.8 Å². The van der Waals surface area contributed by atoms with Gasteiger partial charge < -0.3 is 5.73 Å². The molecule has 0 spiro atoms. The second kappa shape index (κ2) is 4.31. The molecule has 0 aromatic carbocycles. The number of nitrogens with zero attached hydrogens (tertiary/aromatic N) is 1. The van der Waals surface area contributed by atoms with Crippen molar-refractivity contribution in [3.05, 3.63) is 0 Å². The van der Waals surface area contributed by atoms with Crippen LogP contribution in [0.2, 0.25) is 0 Å². The summed E-state index contributed by atoms with van der Waals surface area (Å²) in [5, 5.41) is 0. The lowest BCUT2D eigenvalue weighted by molar-refractivity contribution is -0.152. The number of nitrogens with two attached hydrogens (primary N) is 1. The normalized spacial score (nSPS) is 33.3. The largest absolute Gasteiger partial charge is 0.326 e. The van der Waals surface area contributed by atoms with Crippen molar-refractivity contribution in [2.24, 2.45) is 5.73 Å². The third-order valence-corrected chi connectivity index (χ3v) is 3.43. The lowest BCUT2D eigenvalue weighted by Crippen LogP contribution is -2.55. The van der Waals surface area contributed by atoms with Crippen LogP contribution in [0.3, 0.4) is 0 Å². The minimum absolute atomic E-state index is 0.00949. The second-order valence-corrected chi connectivity index (χ2v) is 4.53. The Labute approximate surface area is 89.8 Å². The zero-order valence-electron chi connectivity index (χ0n) is 8.95. The number of carbonyl (C=O) groups is 2. The van der Waals surface area contributed by atoms with Crippen LogP contribution in [0, 0.1) is 0 Å². The van der Waals surface area contributed by atoms with Crippen molar-refractivity contribution in [3.8, 4) is 0 Å². The monoisotopic (exact) mass is 210 g/mol. The minimum Gasteiger partial charge on any atom is -0.326 e. The van der Waals surface area contributed by atoms with Crippen LogP contribution in [0.1, 0.15) is 44.9 Å². The average Bonchev–Trinajstić information content (AvgIpc) is 2.20. The third kappa shape index (κ3) is 2.04. The molecule has 1 aliphatic carbocycles. The van der Waals surface area contributed by atoms with Gasteiger partial charge in [0.25, 0.3) is 0 Å². The van der Waals surface area contributed by atoms with E-state index in [9.17, 15) is 9.59 Å². The molecular formula is C11H18N2O2. The molecule has 2 aliphatic rings. The van der Waals surface area contributed by atoms with Crippen LogP contribution in [0.5, 0.6) is 0 Å². The molecule has 1 aliphatic heterocycles. The van der Waals surface area contributed by atoms with Gasteiger partial charge in [0, 0.05) is 18.9 Å². The standard InChI is InChI=1S/C11H18N2O2/c12-8-4-1-2-5-9(8)13-10(14)6-3-7-11(13)15/h8-9H,1-7,12H2/t8-,9-/m1/s1. The number of hydrogen-bond acceptors (Lipinski definition) is 3. The molecule has 0 bridgehead atoms. The SMILES string of the molecule is N[C@@H]1CCCC[C@H]1N1C(=O)CCCC1=O. The Hall–Kier alpha value is -0.900. The highest BCUT2D eigenvalue weighted by molar-refractivity contribution is 5.98. The van der Waals surface area contributed by atoms with Gasteiger partial charge in [0.1, 0.15) is 0 Å². The Kier molecular flexibility index (Phi) is 3.05. The molecular weight excluding hydrogens is 192 g/mol. The molecule has 84 valence electrons. The van der Waals surface area contributed by atoms with E-state index in [4.69, 9.17) is 5.73 Å². The number of likely N-dealkylation sites (tertiary alicyclic amines) is 1. The fourth-order valence-electron chi connectivity index (χ4n) is 2.60. The van der Waals surface area contributed by atoms with Crippen LogP contribution in [0.4, 0.5) is 0 Å². The molecule has 2 amide bonds. The van der Waals surface area contributed by atoms with Crippen molar-refractivity contribution in [2.75, 3.05) is 0 Å². The summed E-state index contributed by atoms with van der Waals surface area (Å²) < 4.78 is 0. The summed E-state index contributed by atoms with van der Waals surface area (Å²) in [6.45, 7) is 0. The second-order valence-electron chi connectivity index (χ2n) is 4.53. The number of piperidine rings is 1. The van der Waals surface area contributed by atoms with Crippen LogP contribution in [-0.4, -0.2) is 28.8 Å². The molecule has 2 rings (SSSR count). The molecule has 0 radical (unpaired) electrons. The first-order valence-corrected chi connectivity index (χ1v) is 5.80. The van der Waals surface area contributed by atoms with E-state index in [1.54, 1.807) is 0 Å². The van der Waals surface area contributed by atoms with E-state index in [-0.39, 0.29) is 23.9 Å². The van der Waals surface area contributed by atoms with E-state index in [0.717, 1.165) is 25.7 Å². The number of hydrogen-bond donors (Lipinski definition) is 1. The van der Waals surface area contributed by atoms with Crippen molar-refractivity contribution < 1.29 is 9.59 Å². The Morgan fingerprint density at radius 3 is 2.20 bits per heavy atom. The summed E-state index contributed by atoms with van der Waals surface area (Å²) in [7, 11) is 0. The summed E-state index contributed by atoms with van der Waals surface area (Å²) >= 11 is 0. The quantitative estimate of drug-likeness (QED) is 0.651. The van der Waals surface area contributed by atoms with Crippen molar-refractivity contribution in [1.82, 2.24) is 4.90 Å². The number of carbonyl (C=O) groups excluding carboxylic acids is 2. The van der Waals surface area contributed by atoms with E-state index in [2.05, 4.69) is 0 Å². The molecule has 0 aromatic rings. The Morgan fingerprint density at radius 2 is 1.60 bits per heavy atom. The highest BCUT2D eigenvalue weighted by Gasteiger charge is 2.36. The molecule has 15 heavy (non-hydrogen) atoms. The predicted octanol–water partition coefficient (Wildman–Crippen LogP) is 0.795. The molecule has 2 fully saturated rings. The Balaban J connectivity index is 2.12. The van der Waals surface area contributed by atoms with Crippen molar-refractivity contribution in [3.63, 3.8) is 0 Å². The molecule has 2 atom stereocenters. The van der Waals surface area contributed by atoms with Crippen LogP contribution < -0.4 is 5.73 Å². The summed E-state index contributed by atoms with van der Waals surface area (Å²) in [5.41, 5.74) is 5.99. The van der Waals surface area contributed by atoms with Gasteiger partial charge in [-0.25, -0.2) is 0 Å². The van der Waals surface area contributed by atoms with Crippen molar-refractivity contribution in [1.29, 1.82) is 0 Å². The summed E-state index contributed by atoms with van der Waals surface area (Å²) in [4.78, 5) is 24.8. The van der Waals surface area contributed by atoms with E-state index in [0.29, 0.717) is 19.3 Å². The summed E-state index contributed by atoms with van der Waals surface area (Å²) in [5.74, 6) is -0.0396. The highest BCUT2D eigenvalue weighted by Crippen LogP contribution is 2.25. The van der Waals surface area contributed by atoms with Gasteiger partial charge >= 0.3 is 0 Å². The average molecular weight is 210 g/mol. The topological polar surface area (TPSA) is 63.4 Å². The van der Waals surface area contributed by atoms with E-state index in [1.807, 2.05) is 0 Å². The first-order valence-electron chi connectivity index (χ1n) is 5.80. The zero-order valence-corrected chi connectivity index (χ0v) is 8.95. The Morgan fingerprint density at radius 1 is 1.00 bits per heavy atom. The maximum Gasteiger partial charge on any atom is 0.229 e. The number of imide groups is 1.